The summed E-state index contributed by atoms with van der Waals surface area (Å²) in [5, 5.41) is 11.8. The molecule has 3 heteroatoms. The molecule has 1 atom stereocenters. The summed E-state index contributed by atoms with van der Waals surface area (Å²) in [4.78, 5) is 10.8. The fourth-order valence-electron chi connectivity index (χ4n) is 1.05. The second-order valence-electron chi connectivity index (χ2n) is 2.99. The average molecular weight is 171 g/mol. The first-order valence-corrected chi connectivity index (χ1v) is 4.16. The van der Waals surface area contributed by atoms with Crippen LogP contribution in [-0.4, -0.2) is 23.2 Å². The highest BCUT2D eigenvalue weighted by molar-refractivity contribution is 5.78. The Labute approximate surface area is 73.5 Å². The van der Waals surface area contributed by atoms with E-state index in [0.717, 1.165) is 6.42 Å². The SMILES string of the molecule is C=CCCC(C)(NCC)C(=O)O. The Bertz CT molecular complexity index is 168. The van der Waals surface area contributed by atoms with Gasteiger partial charge in [0.15, 0.2) is 0 Å². The summed E-state index contributed by atoms with van der Waals surface area (Å²) in [5.41, 5.74) is -0.803. The standard InChI is InChI=1S/C9H17NO2/c1-4-6-7-9(3,8(11)12)10-5-2/h4,10H,1,5-7H2,2-3H3,(H,11,12). The molecule has 0 fully saturated rings. The van der Waals surface area contributed by atoms with Crippen LogP contribution in [-0.2, 0) is 4.79 Å². The normalized spacial score (nSPS) is 15.2. The number of likely N-dealkylation sites (N-methyl/N-ethyl adjacent to an activating group) is 1. The predicted octanol–water partition coefficient (Wildman–Crippen LogP) is 1.41. The molecule has 0 aliphatic rings. The Kier molecular flexibility index (Phi) is 4.59. The highest BCUT2D eigenvalue weighted by atomic mass is 16.4. The first kappa shape index (κ1) is 11.2. The van der Waals surface area contributed by atoms with Crippen molar-refractivity contribution in [2.45, 2.75) is 32.2 Å². The Morgan fingerprint density at radius 2 is 2.33 bits per heavy atom. The molecule has 0 saturated carbocycles. The molecule has 0 heterocycles. The van der Waals surface area contributed by atoms with Crippen LogP contribution in [0.2, 0.25) is 0 Å². The van der Waals surface area contributed by atoms with Gasteiger partial charge in [-0.25, -0.2) is 0 Å². The molecule has 0 aromatic heterocycles. The van der Waals surface area contributed by atoms with Crippen molar-refractivity contribution in [1.29, 1.82) is 0 Å². The van der Waals surface area contributed by atoms with Gasteiger partial charge in [0.2, 0.25) is 0 Å². The first-order chi connectivity index (χ1) is 5.56. The largest absolute Gasteiger partial charge is 0.480 e. The summed E-state index contributed by atoms with van der Waals surface area (Å²) in [7, 11) is 0. The maximum Gasteiger partial charge on any atom is 0.323 e. The van der Waals surface area contributed by atoms with Crippen LogP contribution in [0.1, 0.15) is 26.7 Å². The van der Waals surface area contributed by atoms with Crippen molar-refractivity contribution < 1.29 is 9.90 Å². The van der Waals surface area contributed by atoms with Crippen molar-refractivity contribution in [3.63, 3.8) is 0 Å². The molecule has 12 heavy (non-hydrogen) atoms. The topological polar surface area (TPSA) is 49.3 Å². The molecule has 0 aromatic carbocycles. The molecule has 0 aromatic rings. The Balaban J connectivity index is 4.17. The van der Waals surface area contributed by atoms with Crippen LogP contribution in [0.15, 0.2) is 12.7 Å². The molecule has 0 bridgehead atoms. The third kappa shape index (κ3) is 3.05. The minimum absolute atomic E-state index is 0.583. The monoisotopic (exact) mass is 171 g/mol. The smallest absolute Gasteiger partial charge is 0.323 e. The third-order valence-electron chi connectivity index (χ3n) is 1.89. The third-order valence-corrected chi connectivity index (χ3v) is 1.89. The lowest BCUT2D eigenvalue weighted by Crippen LogP contribution is -2.49. The van der Waals surface area contributed by atoms with E-state index in [1.54, 1.807) is 13.0 Å². The van der Waals surface area contributed by atoms with Crippen molar-refractivity contribution >= 4 is 5.97 Å². The van der Waals surface area contributed by atoms with Gasteiger partial charge in [0.1, 0.15) is 5.54 Å². The molecule has 2 N–H and O–H groups in total. The number of allylic oxidation sites excluding steroid dienone is 1. The van der Waals surface area contributed by atoms with Crippen LogP contribution in [0.4, 0.5) is 0 Å². The molecule has 0 radical (unpaired) electrons. The van der Waals surface area contributed by atoms with Crippen LogP contribution < -0.4 is 5.32 Å². The van der Waals surface area contributed by atoms with E-state index >= 15 is 0 Å². The number of hydrogen-bond donors (Lipinski definition) is 2. The molecule has 0 amide bonds. The van der Waals surface area contributed by atoms with Gasteiger partial charge in [-0.05, 0) is 26.3 Å². The van der Waals surface area contributed by atoms with Crippen molar-refractivity contribution in [3.8, 4) is 0 Å². The number of carboxylic acid groups (broad SMARTS) is 1. The van der Waals surface area contributed by atoms with E-state index in [2.05, 4.69) is 11.9 Å². The zero-order valence-electron chi connectivity index (χ0n) is 7.76. The van der Waals surface area contributed by atoms with Gasteiger partial charge in [0.25, 0.3) is 0 Å². The van der Waals surface area contributed by atoms with Crippen molar-refractivity contribution in [2.75, 3.05) is 6.54 Å². The van der Waals surface area contributed by atoms with Gasteiger partial charge < -0.3 is 10.4 Å². The lowest BCUT2D eigenvalue weighted by Gasteiger charge is -2.24. The van der Waals surface area contributed by atoms with Crippen LogP contribution in [0, 0.1) is 0 Å². The summed E-state index contributed by atoms with van der Waals surface area (Å²) in [6.07, 6.45) is 3.04. The number of aliphatic carboxylic acids is 1. The summed E-state index contributed by atoms with van der Waals surface area (Å²) >= 11 is 0. The van der Waals surface area contributed by atoms with Gasteiger partial charge >= 0.3 is 5.97 Å². The fourth-order valence-corrected chi connectivity index (χ4v) is 1.05. The number of carbonyl (C=O) groups is 1. The maximum absolute atomic E-state index is 10.8. The maximum atomic E-state index is 10.8. The molecule has 0 aliphatic heterocycles. The quantitative estimate of drug-likeness (QED) is 0.594. The van der Waals surface area contributed by atoms with E-state index in [1.807, 2.05) is 6.92 Å². The number of hydrogen-bond acceptors (Lipinski definition) is 2. The second-order valence-corrected chi connectivity index (χ2v) is 2.99. The van der Waals surface area contributed by atoms with Gasteiger partial charge in [-0.2, -0.15) is 0 Å². The fraction of sp³-hybridized carbons (Fsp3) is 0.667. The zero-order valence-corrected chi connectivity index (χ0v) is 7.76. The lowest BCUT2D eigenvalue weighted by molar-refractivity contribution is -0.144. The molecule has 1 unspecified atom stereocenters. The number of carboxylic acids is 1. The molecular formula is C9H17NO2. The zero-order chi connectivity index (χ0) is 9.61. The lowest BCUT2D eigenvalue weighted by atomic mass is 9.96. The highest BCUT2D eigenvalue weighted by Gasteiger charge is 2.30. The first-order valence-electron chi connectivity index (χ1n) is 4.16. The van der Waals surface area contributed by atoms with Gasteiger partial charge in [0, 0.05) is 0 Å². The summed E-state index contributed by atoms with van der Waals surface area (Å²) in [6.45, 7) is 7.82. The minimum atomic E-state index is -0.803. The van der Waals surface area contributed by atoms with Gasteiger partial charge in [-0.3, -0.25) is 4.79 Å². The van der Waals surface area contributed by atoms with E-state index in [9.17, 15) is 4.79 Å². The second kappa shape index (κ2) is 4.93. The summed E-state index contributed by atoms with van der Waals surface area (Å²) < 4.78 is 0. The average Bonchev–Trinajstić information content (AvgIpc) is 2.01. The van der Waals surface area contributed by atoms with E-state index in [0.29, 0.717) is 13.0 Å². The van der Waals surface area contributed by atoms with Crippen molar-refractivity contribution in [3.05, 3.63) is 12.7 Å². The highest BCUT2D eigenvalue weighted by Crippen LogP contribution is 2.12. The van der Waals surface area contributed by atoms with Gasteiger partial charge in [-0.15, -0.1) is 6.58 Å². The predicted molar refractivity (Wildman–Crippen MR) is 49.1 cm³/mol. The van der Waals surface area contributed by atoms with Crippen molar-refractivity contribution in [1.82, 2.24) is 5.32 Å². The Morgan fingerprint density at radius 3 is 2.67 bits per heavy atom. The van der Waals surface area contributed by atoms with E-state index < -0.39 is 11.5 Å². The summed E-state index contributed by atoms with van der Waals surface area (Å²) in [6, 6.07) is 0. The molecule has 0 rings (SSSR count). The molecular weight excluding hydrogens is 154 g/mol. The van der Waals surface area contributed by atoms with E-state index in [-0.39, 0.29) is 0 Å². The van der Waals surface area contributed by atoms with Gasteiger partial charge in [0.05, 0.1) is 0 Å². The van der Waals surface area contributed by atoms with E-state index in [1.165, 1.54) is 0 Å². The molecule has 0 spiro atoms. The van der Waals surface area contributed by atoms with Gasteiger partial charge in [-0.1, -0.05) is 13.0 Å². The number of rotatable bonds is 6. The number of nitrogens with one attached hydrogen (secondary N) is 1. The van der Waals surface area contributed by atoms with E-state index in [4.69, 9.17) is 5.11 Å². The van der Waals surface area contributed by atoms with Crippen molar-refractivity contribution in [2.24, 2.45) is 0 Å². The Hall–Kier alpha value is -0.830. The molecule has 3 nitrogen and oxygen atoms in total. The minimum Gasteiger partial charge on any atom is -0.480 e. The van der Waals surface area contributed by atoms with Crippen LogP contribution in [0.5, 0.6) is 0 Å². The molecule has 0 aliphatic carbocycles. The molecule has 70 valence electrons. The Morgan fingerprint density at radius 1 is 1.75 bits per heavy atom. The molecule has 0 saturated heterocycles. The van der Waals surface area contributed by atoms with Crippen LogP contribution >= 0.6 is 0 Å². The van der Waals surface area contributed by atoms with Crippen LogP contribution in [0.3, 0.4) is 0 Å². The van der Waals surface area contributed by atoms with Crippen LogP contribution in [0.25, 0.3) is 0 Å². The summed E-state index contributed by atoms with van der Waals surface area (Å²) in [5.74, 6) is -0.800.